The van der Waals surface area contributed by atoms with Crippen LogP contribution in [0, 0.1) is 0 Å². The van der Waals surface area contributed by atoms with Gasteiger partial charge in [-0.3, -0.25) is 0 Å². The summed E-state index contributed by atoms with van der Waals surface area (Å²) in [5.74, 6) is 0. The van der Waals surface area contributed by atoms with E-state index in [0.717, 1.165) is 6.04 Å². The van der Waals surface area contributed by atoms with E-state index >= 15 is 0 Å². The van der Waals surface area contributed by atoms with Gasteiger partial charge in [-0.05, 0) is 25.7 Å². The second-order valence-electron chi connectivity index (χ2n) is 5.12. The average molecular weight is 197 g/mol. The number of rotatable bonds is 3. The number of nitrogens with one attached hydrogen (secondary N) is 1. The van der Waals surface area contributed by atoms with E-state index in [0.29, 0.717) is 6.61 Å². The lowest BCUT2D eigenvalue weighted by Gasteiger charge is -2.35. The average Bonchev–Trinajstić information content (AvgIpc) is 2.94. The molecule has 2 fully saturated rings. The molecule has 2 N–H and O–H groups in total. The molecule has 0 saturated heterocycles. The van der Waals surface area contributed by atoms with Gasteiger partial charge in [0.1, 0.15) is 0 Å². The Kier molecular flexibility index (Phi) is 3.45. The summed E-state index contributed by atoms with van der Waals surface area (Å²) in [6.45, 7) is 0.337. The number of aliphatic hydroxyl groups is 1. The molecule has 0 atom stereocenters. The molecule has 2 rings (SSSR count). The molecule has 0 spiro atoms. The molecule has 0 aliphatic heterocycles. The highest BCUT2D eigenvalue weighted by molar-refractivity contribution is 4.95. The molecule has 0 bridgehead atoms. The molecule has 0 aromatic carbocycles. The molecule has 2 aliphatic carbocycles. The van der Waals surface area contributed by atoms with E-state index < -0.39 is 0 Å². The molecule has 0 unspecified atom stereocenters. The van der Waals surface area contributed by atoms with Crippen LogP contribution in [0.25, 0.3) is 0 Å². The summed E-state index contributed by atoms with van der Waals surface area (Å²) in [4.78, 5) is 0. The van der Waals surface area contributed by atoms with Crippen molar-refractivity contribution >= 4 is 0 Å². The summed E-state index contributed by atoms with van der Waals surface area (Å²) in [5.41, 5.74) is 0.0849. The van der Waals surface area contributed by atoms with Crippen molar-refractivity contribution in [1.29, 1.82) is 0 Å². The van der Waals surface area contributed by atoms with Crippen molar-refractivity contribution in [1.82, 2.24) is 5.32 Å². The Balaban J connectivity index is 1.90. The first-order valence-electron chi connectivity index (χ1n) is 6.23. The van der Waals surface area contributed by atoms with Crippen molar-refractivity contribution in [2.45, 2.75) is 69.4 Å². The van der Waals surface area contributed by atoms with Crippen molar-refractivity contribution in [3.05, 3.63) is 0 Å². The van der Waals surface area contributed by atoms with Crippen molar-refractivity contribution in [2.75, 3.05) is 6.61 Å². The van der Waals surface area contributed by atoms with E-state index in [1.165, 1.54) is 57.8 Å². The van der Waals surface area contributed by atoms with E-state index in [9.17, 15) is 5.11 Å². The summed E-state index contributed by atoms with van der Waals surface area (Å²) in [6, 6.07) is 0.724. The fourth-order valence-corrected chi connectivity index (χ4v) is 2.59. The second kappa shape index (κ2) is 4.63. The molecule has 14 heavy (non-hydrogen) atoms. The van der Waals surface area contributed by atoms with Gasteiger partial charge in [-0.25, -0.2) is 0 Å². The van der Waals surface area contributed by atoms with Crippen LogP contribution in [0.3, 0.4) is 0 Å². The minimum Gasteiger partial charge on any atom is -0.394 e. The van der Waals surface area contributed by atoms with Crippen molar-refractivity contribution < 1.29 is 5.11 Å². The van der Waals surface area contributed by atoms with Crippen LogP contribution in [-0.4, -0.2) is 23.3 Å². The van der Waals surface area contributed by atoms with Crippen LogP contribution in [0.15, 0.2) is 0 Å². The minimum absolute atomic E-state index is 0.0849. The molecule has 2 heteroatoms. The van der Waals surface area contributed by atoms with Crippen LogP contribution >= 0.6 is 0 Å². The molecule has 0 heterocycles. The van der Waals surface area contributed by atoms with Gasteiger partial charge in [-0.15, -0.1) is 0 Å². The lowest BCUT2D eigenvalue weighted by molar-refractivity contribution is 0.129. The van der Waals surface area contributed by atoms with Gasteiger partial charge >= 0.3 is 0 Å². The van der Waals surface area contributed by atoms with E-state index in [4.69, 9.17) is 0 Å². The topological polar surface area (TPSA) is 32.3 Å². The molecule has 0 aromatic heterocycles. The largest absolute Gasteiger partial charge is 0.394 e. The monoisotopic (exact) mass is 197 g/mol. The maximum atomic E-state index is 9.57. The van der Waals surface area contributed by atoms with Crippen LogP contribution in [-0.2, 0) is 0 Å². The smallest absolute Gasteiger partial charge is 0.0613 e. The molecule has 0 amide bonds. The van der Waals surface area contributed by atoms with Crippen LogP contribution in [0.4, 0.5) is 0 Å². The molecule has 2 aliphatic rings. The molecular formula is C12H23NO. The van der Waals surface area contributed by atoms with Crippen LogP contribution in [0.1, 0.15) is 57.8 Å². The quantitative estimate of drug-likeness (QED) is 0.727. The molecule has 2 saturated carbocycles. The Morgan fingerprint density at radius 2 is 1.57 bits per heavy atom. The Morgan fingerprint density at radius 1 is 1.00 bits per heavy atom. The third-order valence-electron chi connectivity index (χ3n) is 3.70. The van der Waals surface area contributed by atoms with Crippen molar-refractivity contribution in [2.24, 2.45) is 0 Å². The Morgan fingerprint density at radius 3 is 2.07 bits per heavy atom. The second-order valence-corrected chi connectivity index (χ2v) is 5.12. The summed E-state index contributed by atoms with van der Waals surface area (Å²) in [6.07, 6.45) is 11.7. The lowest BCUT2D eigenvalue weighted by atomic mass is 9.84. The third-order valence-corrected chi connectivity index (χ3v) is 3.70. The number of aliphatic hydroxyl groups excluding tert-OH is 1. The van der Waals surface area contributed by atoms with Gasteiger partial charge in [0.05, 0.1) is 6.61 Å². The maximum absolute atomic E-state index is 9.57. The van der Waals surface area contributed by atoms with Crippen molar-refractivity contribution in [3.63, 3.8) is 0 Å². The van der Waals surface area contributed by atoms with Gasteiger partial charge in [0.15, 0.2) is 0 Å². The predicted molar refractivity (Wildman–Crippen MR) is 58.3 cm³/mol. The Hall–Kier alpha value is -0.0800. The normalized spacial score (nSPS) is 28.1. The van der Waals surface area contributed by atoms with E-state index in [1.54, 1.807) is 0 Å². The van der Waals surface area contributed by atoms with E-state index in [2.05, 4.69) is 5.32 Å². The lowest BCUT2D eigenvalue weighted by Crippen LogP contribution is -2.50. The van der Waals surface area contributed by atoms with Crippen LogP contribution in [0.2, 0.25) is 0 Å². The number of hydrogen-bond donors (Lipinski definition) is 2. The molecule has 82 valence electrons. The molecular weight excluding hydrogens is 174 g/mol. The molecule has 0 aromatic rings. The fraction of sp³-hybridized carbons (Fsp3) is 1.00. The highest BCUT2D eigenvalue weighted by atomic mass is 16.3. The zero-order chi connectivity index (χ0) is 9.86. The van der Waals surface area contributed by atoms with Gasteiger partial charge in [-0.2, -0.15) is 0 Å². The van der Waals surface area contributed by atoms with Crippen molar-refractivity contribution in [3.8, 4) is 0 Å². The minimum atomic E-state index is 0.0849. The molecule has 0 radical (unpaired) electrons. The van der Waals surface area contributed by atoms with Gasteiger partial charge in [0.25, 0.3) is 0 Å². The fourth-order valence-electron chi connectivity index (χ4n) is 2.59. The van der Waals surface area contributed by atoms with E-state index in [-0.39, 0.29) is 5.54 Å². The Labute approximate surface area is 87.1 Å². The first kappa shape index (κ1) is 10.4. The standard InChI is InChI=1S/C12H23NO/c14-10-12(13-11-6-7-11)8-4-2-1-3-5-9-12/h11,13-14H,1-10H2. The zero-order valence-electron chi connectivity index (χ0n) is 9.10. The number of hydrogen-bond acceptors (Lipinski definition) is 2. The van der Waals surface area contributed by atoms with Gasteiger partial charge in [0.2, 0.25) is 0 Å². The summed E-state index contributed by atoms with van der Waals surface area (Å²) in [5, 5.41) is 13.2. The van der Waals surface area contributed by atoms with Gasteiger partial charge in [-0.1, -0.05) is 32.1 Å². The van der Waals surface area contributed by atoms with Gasteiger partial charge < -0.3 is 10.4 Å². The first-order valence-corrected chi connectivity index (χ1v) is 6.23. The zero-order valence-corrected chi connectivity index (χ0v) is 9.10. The summed E-state index contributed by atoms with van der Waals surface area (Å²) >= 11 is 0. The molecule has 2 nitrogen and oxygen atoms in total. The van der Waals surface area contributed by atoms with Gasteiger partial charge in [0, 0.05) is 11.6 Å². The third kappa shape index (κ3) is 2.71. The Bertz CT molecular complexity index is 169. The first-order chi connectivity index (χ1) is 6.85. The SMILES string of the molecule is OCC1(NC2CC2)CCCCCCC1. The predicted octanol–water partition coefficient (Wildman–Crippen LogP) is 2.21. The van der Waals surface area contributed by atoms with E-state index in [1.807, 2.05) is 0 Å². The van der Waals surface area contributed by atoms with Crippen LogP contribution < -0.4 is 5.32 Å². The summed E-state index contributed by atoms with van der Waals surface area (Å²) < 4.78 is 0. The maximum Gasteiger partial charge on any atom is 0.0613 e. The highest BCUT2D eigenvalue weighted by Gasteiger charge is 2.35. The highest BCUT2D eigenvalue weighted by Crippen LogP contribution is 2.30. The summed E-state index contributed by atoms with van der Waals surface area (Å²) in [7, 11) is 0. The van der Waals surface area contributed by atoms with Crippen LogP contribution in [0.5, 0.6) is 0 Å².